The summed E-state index contributed by atoms with van der Waals surface area (Å²) in [5, 5.41) is 2.93. The minimum absolute atomic E-state index is 0.0565. The van der Waals surface area contributed by atoms with E-state index in [1.165, 1.54) is 12.3 Å². The Bertz CT molecular complexity index is 551. The van der Waals surface area contributed by atoms with Crippen LogP contribution in [0.5, 0.6) is 0 Å². The Morgan fingerprint density at radius 3 is 2.45 bits per heavy atom. The number of esters is 1. The van der Waals surface area contributed by atoms with Crippen molar-refractivity contribution in [2.45, 2.75) is 46.6 Å². The van der Waals surface area contributed by atoms with Crippen molar-refractivity contribution in [2.24, 2.45) is 5.41 Å². The molecule has 1 amide bonds. The minimum atomic E-state index is -0.665. The summed E-state index contributed by atoms with van der Waals surface area (Å²) in [5.74, 6) is -1.01. The van der Waals surface area contributed by atoms with Crippen molar-refractivity contribution in [1.82, 2.24) is 10.3 Å². The van der Waals surface area contributed by atoms with Gasteiger partial charge in [-0.25, -0.2) is 9.78 Å². The Morgan fingerprint density at radius 2 is 1.91 bits per heavy atom. The molecule has 0 atom stereocenters. The van der Waals surface area contributed by atoms with Crippen molar-refractivity contribution in [2.75, 3.05) is 6.61 Å². The summed E-state index contributed by atoms with van der Waals surface area (Å²) < 4.78 is 4.97. The molecule has 0 aliphatic carbocycles. The van der Waals surface area contributed by atoms with E-state index in [0.29, 0.717) is 0 Å². The normalized spacial score (nSPS) is 11.9. The molecule has 1 rings (SSSR count). The Morgan fingerprint density at radius 1 is 1.27 bits per heavy atom. The number of carbonyl (C=O) groups excluding carboxylic acids is 2. The summed E-state index contributed by atoms with van der Waals surface area (Å²) >= 11 is 5.80. The summed E-state index contributed by atoms with van der Waals surface area (Å²) in [6.07, 6.45) is 2.27. The number of halogens is 1. The Kier molecular flexibility index (Phi) is 5.94. The van der Waals surface area contributed by atoms with E-state index in [-0.39, 0.29) is 34.2 Å². The summed E-state index contributed by atoms with van der Waals surface area (Å²) in [4.78, 5) is 27.6. The average molecular weight is 327 g/mol. The van der Waals surface area contributed by atoms with E-state index in [0.717, 1.165) is 6.42 Å². The topological polar surface area (TPSA) is 68.3 Å². The van der Waals surface area contributed by atoms with Gasteiger partial charge in [0.1, 0.15) is 5.15 Å². The van der Waals surface area contributed by atoms with E-state index >= 15 is 0 Å². The van der Waals surface area contributed by atoms with Gasteiger partial charge in [-0.15, -0.1) is 0 Å². The van der Waals surface area contributed by atoms with Crippen LogP contribution in [0.3, 0.4) is 0 Å². The molecule has 5 nitrogen and oxygen atoms in total. The molecule has 0 fully saturated rings. The minimum Gasteiger partial charge on any atom is -0.452 e. The molecule has 0 aliphatic heterocycles. The number of hydrogen-bond donors (Lipinski definition) is 1. The largest absolute Gasteiger partial charge is 0.452 e. The summed E-state index contributed by atoms with van der Waals surface area (Å²) in [5.41, 5.74) is -0.157. The van der Waals surface area contributed by atoms with Gasteiger partial charge in [0, 0.05) is 11.7 Å². The van der Waals surface area contributed by atoms with Crippen LogP contribution in [0.4, 0.5) is 0 Å². The fraction of sp³-hybridized carbons (Fsp3) is 0.562. The molecule has 1 aromatic rings. The highest BCUT2D eigenvalue weighted by molar-refractivity contribution is 6.32. The van der Waals surface area contributed by atoms with Crippen LogP contribution in [-0.2, 0) is 9.53 Å². The van der Waals surface area contributed by atoms with Gasteiger partial charge in [0.25, 0.3) is 5.91 Å². The van der Waals surface area contributed by atoms with Gasteiger partial charge in [-0.05, 0) is 37.8 Å². The maximum atomic E-state index is 11.9. The summed E-state index contributed by atoms with van der Waals surface area (Å²) in [7, 11) is 0. The first-order valence-corrected chi connectivity index (χ1v) is 7.47. The van der Waals surface area contributed by atoms with E-state index in [4.69, 9.17) is 16.3 Å². The third-order valence-corrected chi connectivity index (χ3v) is 3.06. The first-order chi connectivity index (χ1) is 10.0. The van der Waals surface area contributed by atoms with Gasteiger partial charge in [-0.2, -0.15) is 0 Å². The fourth-order valence-corrected chi connectivity index (χ4v) is 2.73. The van der Waals surface area contributed by atoms with Gasteiger partial charge in [0.15, 0.2) is 6.61 Å². The first-order valence-electron chi connectivity index (χ1n) is 7.09. The molecular weight excluding hydrogens is 304 g/mol. The SMILES string of the molecule is CC(C)(C)CC(C)(C)NC(=O)COC(=O)c1cccnc1Cl. The van der Waals surface area contributed by atoms with Crippen molar-refractivity contribution in [3.8, 4) is 0 Å². The van der Waals surface area contributed by atoms with Crippen LogP contribution in [0.15, 0.2) is 18.3 Å². The first kappa shape index (κ1) is 18.4. The van der Waals surface area contributed by atoms with Crippen LogP contribution >= 0.6 is 11.6 Å². The maximum absolute atomic E-state index is 11.9. The van der Waals surface area contributed by atoms with Gasteiger partial charge >= 0.3 is 5.97 Å². The third-order valence-electron chi connectivity index (χ3n) is 2.76. The molecule has 22 heavy (non-hydrogen) atoms. The average Bonchev–Trinajstić information content (AvgIpc) is 2.32. The molecule has 0 spiro atoms. The molecular formula is C16H23ClN2O3. The molecule has 0 aromatic carbocycles. The van der Waals surface area contributed by atoms with E-state index < -0.39 is 5.97 Å². The quantitative estimate of drug-likeness (QED) is 0.666. The lowest BCUT2D eigenvalue weighted by molar-refractivity contribution is -0.126. The number of ether oxygens (including phenoxy) is 1. The Balaban J connectivity index is 2.53. The molecule has 6 heteroatoms. The number of carbonyl (C=O) groups is 2. The highest BCUT2D eigenvalue weighted by atomic mass is 35.5. The van der Waals surface area contributed by atoms with Gasteiger partial charge < -0.3 is 10.1 Å². The lowest BCUT2D eigenvalue weighted by atomic mass is 9.82. The van der Waals surface area contributed by atoms with Crippen LogP contribution in [0.1, 0.15) is 51.4 Å². The Hall–Kier alpha value is -1.62. The number of hydrogen-bond acceptors (Lipinski definition) is 4. The van der Waals surface area contributed by atoms with Crippen LogP contribution in [-0.4, -0.2) is 29.0 Å². The molecule has 0 radical (unpaired) electrons. The summed E-state index contributed by atoms with van der Waals surface area (Å²) in [6.45, 7) is 9.84. The monoisotopic (exact) mass is 326 g/mol. The number of nitrogens with zero attached hydrogens (tertiary/aromatic N) is 1. The number of aromatic nitrogens is 1. The third kappa shape index (κ3) is 6.43. The zero-order chi connectivity index (χ0) is 17.0. The predicted molar refractivity (Wildman–Crippen MR) is 85.8 cm³/mol. The highest BCUT2D eigenvalue weighted by Crippen LogP contribution is 2.26. The fourth-order valence-electron chi connectivity index (χ4n) is 2.53. The Labute approximate surface area is 136 Å². The molecule has 0 aliphatic rings. The van der Waals surface area contributed by atoms with Crippen molar-refractivity contribution in [1.29, 1.82) is 0 Å². The lowest BCUT2D eigenvalue weighted by Gasteiger charge is -2.33. The molecule has 1 N–H and O–H groups in total. The second-order valence-corrected chi connectivity index (χ2v) is 7.45. The molecule has 1 aromatic heterocycles. The van der Waals surface area contributed by atoms with Crippen molar-refractivity contribution in [3.63, 3.8) is 0 Å². The second kappa shape index (κ2) is 7.09. The van der Waals surface area contributed by atoms with Crippen molar-refractivity contribution < 1.29 is 14.3 Å². The second-order valence-electron chi connectivity index (χ2n) is 7.09. The maximum Gasteiger partial charge on any atom is 0.341 e. The van der Waals surface area contributed by atoms with Gasteiger partial charge in [-0.3, -0.25) is 4.79 Å². The smallest absolute Gasteiger partial charge is 0.341 e. The van der Waals surface area contributed by atoms with E-state index in [1.807, 2.05) is 13.8 Å². The van der Waals surface area contributed by atoms with Gasteiger partial charge in [0.05, 0.1) is 5.56 Å². The van der Waals surface area contributed by atoms with Crippen LogP contribution < -0.4 is 5.32 Å². The molecule has 0 bridgehead atoms. The van der Waals surface area contributed by atoms with Crippen LogP contribution in [0, 0.1) is 5.41 Å². The lowest BCUT2D eigenvalue weighted by Crippen LogP contribution is -2.47. The predicted octanol–water partition coefficient (Wildman–Crippen LogP) is 3.22. The standard InChI is InChI=1S/C16H23ClN2O3/c1-15(2,3)10-16(4,5)19-12(20)9-22-14(21)11-7-6-8-18-13(11)17/h6-8H,9-10H2,1-5H3,(H,19,20). The number of pyridine rings is 1. The molecule has 0 saturated heterocycles. The zero-order valence-corrected chi connectivity index (χ0v) is 14.5. The van der Waals surface area contributed by atoms with Crippen LogP contribution in [0.25, 0.3) is 0 Å². The van der Waals surface area contributed by atoms with E-state index in [1.54, 1.807) is 6.07 Å². The number of rotatable bonds is 5. The molecule has 0 saturated carbocycles. The number of amides is 1. The molecule has 122 valence electrons. The van der Waals surface area contributed by atoms with E-state index in [9.17, 15) is 9.59 Å². The van der Waals surface area contributed by atoms with Gasteiger partial charge in [-0.1, -0.05) is 32.4 Å². The van der Waals surface area contributed by atoms with Crippen molar-refractivity contribution >= 4 is 23.5 Å². The summed E-state index contributed by atoms with van der Waals surface area (Å²) in [6, 6.07) is 3.08. The highest BCUT2D eigenvalue weighted by Gasteiger charge is 2.27. The van der Waals surface area contributed by atoms with Crippen LogP contribution in [0.2, 0.25) is 5.15 Å². The molecule has 1 heterocycles. The van der Waals surface area contributed by atoms with Crippen molar-refractivity contribution in [3.05, 3.63) is 29.0 Å². The zero-order valence-electron chi connectivity index (χ0n) is 13.7. The number of nitrogens with one attached hydrogen (secondary N) is 1. The van der Waals surface area contributed by atoms with E-state index in [2.05, 4.69) is 31.1 Å². The molecule has 0 unspecified atom stereocenters. The van der Waals surface area contributed by atoms with Gasteiger partial charge in [0.2, 0.25) is 0 Å².